The maximum Gasteiger partial charge on any atom is 0.336 e. The quantitative estimate of drug-likeness (QED) is 0.0942. The second-order valence-corrected chi connectivity index (χ2v) is 12.7. The number of amides is 3. The monoisotopic (exact) mass is 639 g/mol. The van der Waals surface area contributed by atoms with Gasteiger partial charge in [0, 0.05) is 36.3 Å². The zero-order chi connectivity index (χ0) is 32.9. The second kappa shape index (κ2) is 13.9. The third kappa shape index (κ3) is 7.85. The minimum atomic E-state index is -3.99. The average molecular weight is 640 g/mol. The van der Waals surface area contributed by atoms with Crippen LogP contribution in [0.1, 0.15) is 36.8 Å². The number of nitrogens with one attached hydrogen (secondary N) is 1. The summed E-state index contributed by atoms with van der Waals surface area (Å²) in [5.74, 6) is -2.13. The number of rotatable bonds is 12. The molecule has 7 N–H and O–H groups in total. The fourth-order valence-electron chi connectivity index (χ4n) is 5.36. The van der Waals surface area contributed by atoms with Crippen molar-refractivity contribution in [3.05, 3.63) is 70.1 Å². The van der Waals surface area contributed by atoms with Crippen molar-refractivity contribution in [2.24, 2.45) is 22.2 Å². The fraction of sp³-hybridized carbons (Fsp3) is 0.367. The summed E-state index contributed by atoms with van der Waals surface area (Å²) in [4.78, 5) is 59.0. The highest BCUT2D eigenvalue weighted by Crippen LogP contribution is 2.29. The van der Waals surface area contributed by atoms with E-state index in [4.69, 9.17) is 21.6 Å². The SMILES string of the molecule is Cc1ccc(S(=O)(=O)NCC(=O)N2CCC[C@H]2C(=O)N(c2ccc3c(C)cc(=O)oc3c2)[C@@H](CCCN=C(N)N)C(N)=O)cc1. The number of fused-ring (bicyclic) bond motifs is 1. The fourth-order valence-corrected chi connectivity index (χ4v) is 6.33. The van der Waals surface area contributed by atoms with E-state index in [0.717, 1.165) is 5.56 Å². The molecule has 4 rings (SSSR count). The molecule has 0 bridgehead atoms. The van der Waals surface area contributed by atoms with Gasteiger partial charge in [0.15, 0.2) is 5.96 Å². The molecule has 14 nitrogen and oxygen atoms in total. The molecule has 3 aromatic rings. The number of anilines is 1. The number of carbonyl (C=O) groups is 3. The Morgan fingerprint density at radius 2 is 1.80 bits per heavy atom. The first-order valence-corrected chi connectivity index (χ1v) is 15.8. The highest BCUT2D eigenvalue weighted by atomic mass is 32.2. The normalized spacial score (nSPS) is 15.5. The molecule has 1 aromatic heterocycles. The summed E-state index contributed by atoms with van der Waals surface area (Å²) in [7, 11) is -3.99. The van der Waals surface area contributed by atoms with Gasteiger partial charge in [-0.3, -0.25) is 24.3 Å². The van der Waals surface area contributed by atoms with Crippen molar-refractivity contribution < 1.29 is 27.2 Å². The summed E-state index contributed by atoms with van der Waals surface area (Å²) in [6.45, 7) is 3.37. The van der Waals surface area contributed by atoms with Crippen molar-refractivity contribution in [2.75, 3.05) is 24.5 Å². The van der Waals surface area contributed by atoms with Crippen molar-refractivity contribution in [3.8, 4) is 0 Å². The van der Waals surface area contributed by atoms with Gasteiger partial charge in [0.05, 0.1) is 11.4 Å². The van der Waals surface area contributed by atoms with Gasteiger partial charge in [-0.15, -0.1) is 0 Å². The molecular formula is C30H37N7O7S. The smallest absolute Gasteiger partial charge is 0.336 e. The van der Waals surface area contributed by atoms with Gasteiger partial charge < -0.3 is 26.5 Å². The Morgan fingerprint density at radius 3 is 2.47 bits per heavy atom. The van der Waals surface area contributed by atoms with Gasteiger partial charge in [0.25, 0.3) is 5.91 Å². The molecule has 1 saturated heterocycles. The highest BCUT2D eigenvalue weighted by Gasteiger charge is 2.40. The highest BCUT2D eigenvalue weighted by molar-refractivity contribution is 7.89. The van der Waals surface area contributed by atoms with Crippen LogP contribution in [0.2, 0.25) is 0 Å². The van der Waals surface area contributed by atoms with Crippen LogP contribution < -0.4 is 32.4 Å². The molecule has 2 aromatic carbocycles. The van der Waals surface area contributed by atoms with E-state index < -0.39 is 52.0 Å². The van der Waals surface area contributed by atoms with Gasteiger partial charge in [0.2, 0.25) is 21.8 Å². The molecule has 1 aliphatic heterocycles. The summed E-state index contributed by atoms with van der Waals surface area (Å²) >= 11 is 0. The zero-order valence-corrected chi connectivity index (χ0v) is 25.9. The topological polar surface area (TPSA) is 224 Å². The maximum absolute atomic E-state index is 14.3. The Balaban J connectivity index is 1.64. The van der Waals surface area contributed by atoms with Crippen molar-refractivity contribution in [2.45, 2.75) is 56.5 Å². The molecule has 0 unspecified atom stereocenters. The van der Waals surface area contributed by atoms with Crippen LogP contribution in [0.5, 0.6) is 0 Å². The zero-order valence-electron chi connectivity index (χ0n) is 25.1. The van der Waals surface area contributed by atoms with Crippen LogP contribution in [0.3, 0.4) is 0 Å². The maximum atomic E-state index is 14.3. The van der Waals surface area contributed by atoms with Crippen molar-refractivity contribution in [1.29, 1.82) is 0 Å². The molecule has 0 spiro atoms. The number of hydrogen-bond donors (Lipinski definition) is 4. The van der Waals surface area contributed by atoms with Crippen LogP contribution in [0, 0.1) is 13.8 Å². The number of nitrogens with zero attached hydrogens (tertiary/aromatic N) is 3. The van der Waals surface area contributed by atoms with Gasteiger partial charge in [-0.1, -0.05) is 17.7 Å². The van der Waals surface area contributed by atoms with Crippen LogP contribution in [0.15, 0.2) is 67.6 Å². The predicted molar refractivity (Wildman–Crippen MR) is 169 cm³/mol. The Bertz CT molecular complexity index is 1780. The lowest BCUT2D eigenvalue weighted by Gasteiger charge is -2.34. The van der Waals surface area contributed by atoms with Crippen molar-refractivity contribution >= 4 is 50.4 Å². The number of primary amides is 1. The third-order valence-corrected chi connectivity index (χ3v) is 9.04. The van der Waals surface area contributed by atoms with E-state index in [9.17, 15) is 27.6 Å². The molecule has 0 aliphatic carbocycles. The third-order valence-electron chi connectivity index (χ3n) is 7.62. The molecule has 15 heteroatoms. The summed E-state index contributed by atoms with van der Waals surface area (Å²) in [6.07, 6.45) is 1.13. The Morgan fingerprint density at radius 1 is 1.09 bits per heavy atom. The minimum Gasteiger partial charge on any atom is -0.423 e. The Kier molecular flexibility index (Phi) is 10.2. The lowest BCUT2D eigenvalue weighted by molar-refractivity contribution is -0.137. The average Bonchev–Trinajstić information content (AvgIpc) is 3.47. The molecule has 3 amide bonds. The molecule has 2 atom stereocenters. The molecule has 2 heterocycles. The first-order valence-electron chi connectivity index (χ1n) is 14.4. The molecule has 45 heavy (non-hydrogen) atoms. The van der Waals surface area contributed by atoms with E-state index >= 15 is 0 Å². The summed E-state index contributed by atoms with van der Waals surface area (Å²) in [6, 6.07) is 10.1. The van der Waals surface area contributed by atoms with Crippen LogP contribution in [-0.2, 0) is 24.4 Å². The summed E-state index contributed by atoms with van der Waals surface area (Å²) < 4.78 is 33.3. The number of nitrogens with two attached hydrogens (primary N) is 3. The first-order chi connectivity index (χ1) is 21.3. The van der Waals surface area contributed by atoms with Crippen molar-refractivity contribution in [3.63, 3.8) is 0 Å². The standard InChI is InChI=1S/C30H37N7O7S/c1-18-7-10-21(11-8-18)45(42,43)35-17-26(38)36-14-4-6-24(36)29(41)37(23(28(31)40)5-3-13-34-30(32)33)20-9-12-22-19(2)15-27(39)44-25(22)16-20/h7-12,15-16,23-24,35H,3-6,13-14,17H2,1-2H3,(H2,31,40)(H4,32,33,34)/t23-,24-/m0/s1. The number of guanidine groups is 1. The van der Waals surface area contributed by atoms with Crippen LogP contribution in [0.25, 0.3) is 11.0 Å². The van der Waals surface area contributed by atoms with Crippen LogP contribution in [0.4, 0.5) is 5.69 Å². The number of aryl methyl sites for hydroxylation is 2. The predicted octanol–water partition coefficient (Wildman–Crippen LogP) is 0.620. The van der Waals surface area contributed by atoms with Gasteiger partial charge in [-0.2, -0.15) is 0 Å². The lowest BCUT2D eigenvalue weighted by Crippen LogP contribution is -2.56. The number of hydrogen-bond acceptors (Lipinski definition) is 8. The van der Waals surface area contributed by atoms with E-state index in [-0.39, 0.29) is 48.1 Å². The number of aliphatic imine (C=N–C) groups is 1. The van der Waals surface area contributed by atoms with Gasteiger partial charge in [-0.05, 0) is 69.4 Å². The molecule has 0 saturated carbocycles. The number of benzene rings is 2. The summed E-state index contributed by atoms with van der Waals surface area (Å²) in [5.41, 5.74) is 18.0. The Labute approximate surface area is 260 Å². The number of likely N-dealkylation sites (tertiary alicyclic amines) is 1. The van der Waals surface area contributed by atoms with E-state index in [1.807, 2.05) is 6.92 Å². The summed E-state index contributed by atoms with van der Waals surface area (Å²) in [5, 5.41) is 0.632. The van der Waals surface area contributed by atoms with Crippen LogP contribution in [-0.4, -0.2) is 68.7 Å². The van der Waals surface area contributed by atoms with Gasteiger partial charge >= 0.3 is 5.63 Å². The first kappa shape index (κ1) is 33.1. The lowest BCUT2D eigenvalue weighted by atomic mass is 10.0. The van der Waals surface area contributed by atoms with E-state index in [0.29, 0.717) is 23.8 Å². The number of carbonyl (C=O) groups excluding carboxylic acids is 3. The molecular weight excluding hydrogens is 602 g/mol. The molecule has 0 radical (unpaired) electrons. The molecule has 1 aliphatic rings. The molecule has 1 fully saturated rings. The van der Waals surface area contributed by atoms with Crippen LogP contribution >= 0.6 is 0 Å². The van der Waals surface area contributed by atoms with Gasteiger partial charge in [-0.25, -0.2) is 17.9 Å². The second-order valence-electron chi connectivity index (χ2n) is 10.9. The van der Waals surface area contributed by atoms with Crippen molar-refractivity contribution in [1.82, 2.24) is 9.62 Å². The molecule has 240 valence electrons. The Hall–Kier alpha value is -4.76. The van der Waals surface area contributed by atoms with E-state index in [1.54, 1.807) is 31.2 Å². The van der Waals surface area contributed by atoms with Gasteiger partial charge in [0.1, 0.15) is 17.7 Å². The van der Waals surface area contributed by atoms with E-state index in [1.165, 1.54) is 34.1 Å². The largest absolute Gasteiger partial charge is 0.423 e. The minimum absolute atomic E-state index is 0.00402. The number of sulfonamides is 1. The van der Waals surface area contributed by atoms with E-state index in [2.05, 4.69) is 9.71 Å².